The summed E-state index contributed by atoms with van der Waals surface area (Å²) in [6.45, 7) is 3.09. The maximum atomic E-state index is 6.03. The molecule has 140 valence electrons. The van der Waals surface area contributed by atoms with Crippen molar-refractivity contribution in [1.29, 1.82) is 0 Å². The standard InChI is InChI=1S/C23H25ClN2O/c1-27-23-4-2-3-21(13-23)17-26(16-20-9-11-22(24)12-10-20)15-19-7-5-18(14-25)6-8-19/h2-13H,14-17,25H2,1H3. The lowest BCUT2D eigenvalue weighted by Gasteiger charge is -2.23. The molecule has 0 atom stereocenters. The highest BCUT2D eigenvalue weighted by atomic mass is 35.5. The van der Waals surface area contributed by atoms with Crippen molar-refractivity contribution in [1.82, 2.24) is 4.90 Å². The summed E-state index contributed by atoms with van der Waals surface area (Å²) in [7, 11) is 1.70. The summed E-state index contributed by atoms with van der Waals surface area (Å²) in [6, 6.07) is 24.8. The second-order valence-electron chi connectivity index (χ2n) is 6.64. The first-order valence-corrected chi connectivity index (χ1v) is 9.41. The van der Waals surface area contributed by atoms with Crippen molar-refractivity contribution in [2.45, 2.75) is 26.2 Å². The number of hydrogen-bond donors (Lipinski definition) is 1. The minimum atomic E-state index is 0.568. The highest BCUT2D eigenvalue weighted by Gasteiger charge is 2.10. The monoisotopic (exact) mass is 380 g/mol. The lowest BCUT2D eigenvalue weighted by molar-refractivity contribution is 0.247. The highest BCUT2D eigenvalue weighted by molar-refractivity contribution is 6.30. The fraction of sp³-hybridized carbons (Fsp3) is 0.217. The van der Waals surface area contributed by atoms with Gasteiger partial charge >= 0.3 is 0 Å². The maximum Gasteiger partial charge on any atom is 0.119 e. The van der Waals surface area contributed by atoms with Gasteiger partial charge in [-0.3, -0.25) is 4.90 Å². The van der Waals surface area contributed by atoms with E-state index in [1.165, 1.54) is 16.7 Å². The topological polar surface area (TPSA) is 38.5 Å². The molecule has 3 aromatic carbocycles. The van der Waals surface area contributed by atoms with E-state index in [0.717, 1.165) is 36.0 Å². The molecule has 27 heavy (non-hydrogen) atoms. The van der Waals surface area contributed by atoms with Gasteiger partial charge in [0.1, 0.15) is 5.75 Å². The van der Waals surface area contributed by atoms with Gasteiger partial charge < -0.3 is 10.5 Å². The maximum absolute atomic E-state index is 6.03. The Balaban J connectivity index is 1.78. The summed E-state index contributed by atoms with van der Waals surface area (Å²) in [5.74, 6) is 0.881. The van der Waals surface area contributed by atoms with E-state index in [9.17, 15) is 0 Å². The van der Waals surface area contributed by atoms with Crippen molar-refractivity contribution >= 4 is 11.6 Å². The molecule has 0 fully saturated rings. The van der Waals surface area contributed by atoms with Gasteiger partial charge in [0.15, 0.2) is 0 Å². The predicted octanol–water partition coefficient (Wildman–Crippen LogP) is 5.01. The smallest absolute Gasteiger partial charge is 0.119 e. The molecule has 3 nitrogen and oxygen atoms in total. The molecule has 0 heterocycles. The molecule has 0 aliphatic rings. The average Bonchev–Trinajstić information content (AvgIpc) is 2.70. The third kappa shape index (κ3) is 5.83. The zero-order chi connectivity index (χ0) is 19.1. The lowest BCUT2D eigenvalue weighted by atomic mass is 10.1. The van der Waals surface area contributed by atoms with E-state index in [2.05, 4.69) is 53.4 Å². The SMILES string of the molecule is COc1cccc(CN(Cc2ccc(Cl)cc2)Cc2ccc(CN)cc2)c1. The molecule has 0 radical (unpaired) electrons. The van der Waals surface area contributed by atoms with Crippen LogP contribution in [0.3, 0.4) is 0 Å². The number of benzene rings is 3. The number of halogens is 1. The molecule has 0 unspecified atom stereocenters. The van der Waals surface area contributed by atoms with Crippen LogP contribution in [0, 0.1) is 0 Å². The second-order valence-corrected chi connectivity index (χ2v) is 7.08. The van der Waals surface area contributed by atoms with E-state index >= 15 is 0 Å². The van der Waals surface area contributed by atoms with Crippen molar-refractivity contribution in [3.8, 4) is 5.75 Å². The van der Waals surface area contributed by atoms with Gasteiger partial charge in [0.25, 0.3) is 0 Å². The Morgan fingerprint density at radius 1 is 0.778 bits per heavy atom. The Bertz CT molecular complexity index is 847. The first-order valence-electron chi connectivity index (χ1n) is 9.04. The fourth-order valence-electron chi connectivity index (χ4n) is 3.08. The molecule has 0 saturated carbocycles. The van der Waals surface area contributed by atoms with Gasteiger partial charge in [-0.05, 0) is 46.5 Å². The Kier molecular flexibility index (Phi) is 6.88. The van der Waals surface area contributed by atoms with Crippen molar-refractivity contribution < 1.29 is 4.74 Å². The summed E-state index contributed by atoms with van der Waals surface area (Å²) < 4.78 is 5.37. The van der Waals surface area contributed by atoms with Crippen LogP contribution in [-0.4, -0.2) is 12.0 Å². The van der Waals surface area contributed by atoms with Crippen LogP contribution in [0.5, 0.6) is 5.75 Å². The van der Waals surface area contributed by atoms with E-state index in [0.29, 0.717) is 6.54 Å². The molecule has 0 aliphatic heterocycles. The van der Waals surface area contributed by atoms with Crippen molar-refractivity contribution in [3.05, 3.63) is 100 Å². The normalized spacial score (nSPS) is 11.0. The molecule has 0 saturated heterocycles. The number of nitrogens with zero attached hydrogens (tertiary/aromatic N) is 1. The first kappa shape index (κ1) is 19.4. The van der Waals surface area contributed by atoms with Crippen molar-refractivity contribution in [3.63, 3.8) is 0 Å². The van der Waals surface area contributed by atoms with Crippen LogP contribution in [0.25, 0.3) is 0 Å². The van der Waals surface area contributed by atoms with Gasteiger partial charge in [-0.2, -0.15) is 0 Å². The quantitative estimate of drug-likeness (QED) is 0.597. The molecule has 2 N–H and O–H groups in total. The Morgan fingerprint density at radius 3 is 1.93 bits per heavy atom. The number of methoxy groups -OCH3 is 1. The Labute approximate surface area is 166 Å². The van der Waals surface area contributed by atoms with Crippen LogP contribution in [0.1, 0.15) is 22.3 Å². The third-order valence-electron chi connectivity index (χ3n) is 4.52. The van der Waals surface area contributed by atoms with Crippen LogP contribution in [0.4, 0.5) is 0 Å². The van der Waals surface area contributed by atoms with Crippen LogP contribution >= 0.6 is 11.6 Å². The average molecular weight is 381 g/mol. The van der Waals surface area contributed by atoms with Crippen molar-refractivity contribution in [2.75, 3.05) is 7.11 Å². The lowest BCUT2D eigenvalue weighted by Crippen LogP contribution is -2.22. The van der Waals surface area contributed by atoms with Gasteiger partial charge in [-0.15, -0.1) is 0 Å². The number of hydrogen-bond acceptors (Lipinski definition) is 3. The zero-order valence-corrected chi connectivity index (χ0v) is 16.3. The van der Waals surface area contributed by atoms with Gasteiger partial charge in [-0.25, -0.2) is 0 Å². The molecule has 3 aromatic rings. The summed E-state index contributed by atoms with van der Waals surface area (Å²) in [4.78, 5) is 2.41. The van der Waals surface area contributed by atoms with Gasteiger partial charge in [0, 0.05) is 31.2 Å². The number of rotatable bonds is 8. The van der Waals surface area contributed by atoms with Gasteiger partial charge in [0.05, 0.1) is 7.11 Å². The number of ether oxygens (including phenoxy) is 1. The van der Waals surface area contributed by atoms with Gasteiger partial charge in [0.2, 0.25) is 0 Å². The minimum absolute atomic E-state index is 0.568. The van der Waals surface area contributed by atoms with E-state index in [-0.39, 0.29) is 0 Å². The summed E-state index contributed by atoms with van der Waals surface area (Å²) >= 11 is 6.03. The molecular weight excluding hydrogens is 356 g/mol. The number of nitrogens with two attached hydrogens (primary N) is 1. The van der Waals surface area contributed by atoms with E-state index in [1.54, 1.807) is 7.11 Å². The van der Waals surface area contributed by atoms with E-state index in [1.807, 2.05) is 24.3 Å². The zero-order valence-electron chi connectivity index (χ0n) is 15.6. The molecule has 0 bridgehead atoms. The Morgan fingerprint density at radius 2 is 1.33 bits per heavy atom. The van der Waals surface area contributed by atoms with E-state index < -0.39 is 0 Å². The highest BCUT2D eigenvalue weighted by Crippen LogP contribution is 2.19. The van der Waals surface area contributed by atoms with Crippen LogP contribution in [0.15, 0.2) is 72.8 Å². The van der Waals surface area contributed by atoms with Crippen LogP contribution in [0.2, 0.25) is 5.02 Å². The Hall–Kier alpha value is -2.33. The molecule has 3 rings (SSSR count). The summed E-state index contributed by atoms with van der Waals surface area (Å²) in [6.07, 6.45) is 0. The predicted molar refractivity (Wildman–Crippen MR) is 112 cm³/mol. The summed E-state index contributed by atoms with van der Waals surface area (Å²) in [5, 5.41) is 0.760. The molecule has 0 aromatic heterocycles. The third-order valence-corrected chi connectivity index (χ3v) is 4.78. The van der Waals surface area contributed by atoms with Crippen LogP contribution < -0.4 is 10.5 Å². The fourth-order valence-corrected chi connectivity index (χ4v) is 3.21. The van der Waals surface area contributed by atoms with Crippen molar-refractivity contribution in [2.24, 2.45) is 5.73 Å². The second kappa shape index (κ2) is 9.56. The largest absolute Gasteiger partial charge is 0.497 e. The first-order chi connectivity index (χ1) is 13.2. The van der Waals surface area contributed by atoms with E-state index in [4.69, 9.17) is 22.1 Å². The molecular formula is C23H25ClN2O. The summed E-state index contributed by atoms with van der Waals surface area (Å²) in [5.41, 5.74) is 10.6. The minimum Gasteiger partial charge on any atom is -0.497 e. The molecule has 0 spiro atoms. The van der Waals surface area contributed by atoms with Crippen LogP contribution in [-0.2, 0) is 26.2 Å². The molecule has 0 amide bonds. The molecule has 0 aliphatic carbocycles. The molecule has 4 heteroatoms. The van der Waals surface area contributed by atoms with Gasteiger partial charge in [-0.1, -0.05) is 60.1 Å².